The highest BCUT2D eigenvalue weighted by Crippen LogP contribution is 2.32. The molecule has 1 aromatic rings. The fourth-order valence-corrected chi connectivity index (χ4v) is 2.58. The van der Waals surface area contributed by atoms with Crippen molar-refractivity contribution in [1.82, 2.24) is 0 Å². The minimum absolute atomic E-state index is 0.0492. The van der Waals surface area contributed by atoms with E-state index < -0.39 is 0 Å². The highest BCUT2D eigenvalue weighted by Gasteiger charge is 2.28. The van der Waals surface area contributed by atoms with Crippen LogP contribution in [0.2, 0.25) is 0 Å². The summed E-state index contributed by atoms with van der Waals surface area (Å²) >= 11 is 0. The summed E-state index contributed by atoms with van der Waals surface area (Å²) in [7, 11) is 0. The Morgan fingerprint density at radius 3 is 2.35 bits per heavy atom. The molecule has 0 saturated heterocycles. The molecule has 0 unspecified atom stereocenters. The van der Waals surface area contributed by atoms with Crippen LogP contribution in [0.5, 0.6) is 5.75 Å². The second-order valence-corrected chi connectivity index (χ2v) is 5.30. The van der Waals surface area contributed by atoms with Crippen LogP contribution in [0.1, 0.15) is 44.6 Å². The van der Waals surface area contributed by atoms with E-state index in [1.54, 1.807) is 0 Å². The van der Waals surface area contributed by atoms with Crippen molar-refractivity contribution in [2.45, 2.75) is 51.0 Å². The molecule has 2 nitrogen and oxygen atoms in total. The number of hydrogen-bond donors (Lipinski definition) is 1. The van der Waals surface area contributed by atoms with E-state index in [2.05, 4.69) is 31.2 Å². The van der Waals surface area contributed by atoms with Gasteiger partial charge in [0.05, 0.1) is 0 Å². The Balaban J connectivity index is 1.97. The second-order valence-electron chi connectivity index (χ2n) is 5.30. The van der Waals surface area contributed by atoms with Gasteiger partial charge in [-0.25, -0.2) is 0 Å². The third-order valence-corrected chi connectivity index (χ3v) is 3.63. The molecule has 2 rings (SSSR count). The monoisotopic (exact) mass is 233 g/mol. The van der Waals surface area contributed by atoms with Gasteiger partial charge in [0, 0.05) is 0 Å². The van der Waals surface area contributed by atoms with Crippen molar-refractivity contribution in [3.63, 3.8) is 0 Å². The van der Waals surface area contributed by atoms with Crippen LogP contribution < -0.4 is 10.5 Å². The van der Waals surface area contributed by atoms with Crippen molar-refractivity contribution in [3.8, 4) is 5.75 Å². The number of nitrogens with two attached hydrogens (primary N) is 1. The maximum atomic E-state index is 6.14. The normalized spacial score (nSPS) is 18.9. The number of ether oxygens (including phenoxy) is 1. The maximum absolute atomic E-state index is 6.14. The molecule has 94 valence electrons. The van der Waals surface area contributed by atoms with Gasteiger partial charge in [0.15, 0.2) is 0 Å². The molecule has 0 aliphatic heterocycles. The molecule has 17 heavy (non-hydrogen) atoms. The van der Waals surface area contributed by atoms with Crippen LogP contribution in [0.3, 0.4) is 0 Å². The molecule has 0 amide bonds. The molecular weight excluding hydrogens is 210 g/mol. The van der Waals surface area contributed by atoms with Gasteiger partial charge in [0.1, 0.15) is 11.4 Å². The van der Waals surface area contributed by atoms with Gasteiger partial charge >= 0.3 is 0 Å². The average molecular weight is 233 g/mol. The Bertz CT molecular complexity index is 338. The van der Waals surface area contributed by atoms with Crippen LogP contribution in [0, 0.1) is 0 Å². The number of benzene rings is 1. The van der Waals surface area contributed by atoms with Gasteiger partial charge in [-0.3, -0.25) is 0 Å². The van der Waals surface area contributed by atoms with Crippen LogP contribution in [-0.4, -0.2) is 12.1 Å². The van der Waals surface area contributed by atoms with Gasteiger partial charge in [-0.2, -0.15) is 0 Å². The lowest BCUT2D eigenvalue weighted by atomic mass is 9.86. The molecule has 1 aliphatic rings. The maximum Gasteiger partial charge on any atom is 0.120 e. The van der Waals surface area contributed by atoms with Crippen LogP contribution >= 0.6 is 0 Å². The van der Waals surface area contributed by atoms with E-state index in [9.17, 15) is 0 Å². The summed E-state index contributed by atoms with van der Waals surface area (Å²) in [6.45, 7) is 2.94. The van der Waals surface area contributed by atoms with Gasteiger partial charge in [-0.05, 0) is 63.3 Å². The van der Waals surface area contributed by atoms with Crippen LogP contribution in [0.15, 0.2) is 24.3 Å². The van der Waals surface area contributed by atoms with Gasteiger partial charge < -0.3 is 10.5 Å². The van der Waals surface area contributed by atoms with Gasteiger partial charge in [-0.1, -0.05) is 18.6 Å². The van der Waals surface area contributed by atoms with E-state index in [-0.39, 0.29) is 5.60 Å². The molecule has 1 fully saturated rings. The molecule has 0 bridgehead atoms. The summed E-state index contributed by atoms with van der Waals surface area (Å²) in [5, 5.41) is 0. The lowest BCUT2D eigenvalue weighted by Crippen LogP contribution is -2.34. The number of rotatable bonds is 4. The van der Waals surface area contributed by atoms with E-state index in [1.807, 2.05) is 0 Å². The van der Waals surface area contributed by atoms with Crippen molar-refractivity contribution >= 4 is 0 Å². The van der Waals surface area contributed by atoms with Crippen molar-refractivity contribution < 1.29 is 4.74 Å². The molecule has 0 spiro atoms. The summed E-state index contributed by atoms with van der Waals surface area (Å²) in [6.07, 6.45) is 7.24. The van der Waals surface area contributed by atoms with E-state index in [0.717, 1.165) is 12.2 Å². The SMILES string of the molecule is CC1(Oc2ccc(CCN)cc2)CCCCC1. The molecule has 1 saturated carbocycles. The summed E-state index contributed by atoms with van der Waals surface area (Å²) in [6, 6.07) is 8.39. The molecule has 0 heterocycles. The highest BCUT2D eigenvalue weighted by molar-refractivity contribution is 5.28. The minimum Gasteiger partial charge on any atom is -0.488 e. The van der Waals surface area contributed by atoms with Crippen molar-refractivity contribution in [2.75, 3.05) is 6.54 Å². The first-order valence-corrected chi connectivity index (χ1v) is 6.70. The molecular formula is C15H23NO. The fourth-order valence-electron chi connectivity index (χ4n) is 2.58. The fraction of sp³-hybridized carbons (Fsp3) is 0.600. The standard InChI is InChI=1S/C15H23NO/c1-15(10-3-2-4-11-15)17-14-7-5-13(6-8-14)9-12-16/h5-8H,2-4,9-12,16H2,1H3. The van der Waals surface area contributed by atoms with Crippen LogP contribution in [0.25, 0.3) is 0 Å². The Hall–Kier alpha value is -1.02. The van der Waals surface area contributed by atoms with Gasteiger partial charge in [0.25, 0.3) is 0 Å². The Kier molecular flexibility index (Phi) is 4.06. The first-order valence-electron chi connectivity index (χ1n) is 6.70. The molecule has 2 N–H and O–H groups in total. The van der Waals surface area contributed by atoms with Gasteiger partial charge in [-0.15, -0.1) is 0 Å². The topological polar surface area (TPSA) is 35.2 Å². The first kappa shape index (κ1) is 12.4. The second kappa shape index (κ2) is 5.54. The number of hydrogen-bond acceptors (Lipinski definition) is 2. The quantitative estimate of drug-likeness (QED) is 0.866. The molecule has 0 radical (unpaired) electrons. The van der Waals surface area contributed by atoms with Crippen LogP contribution in [0.4, 0.5) is 0 Å². The predicted molar refractivity (Wildman–Crippen MR) is 71.3 cm³/mol. The predicted octanol–water partition coefficient (Wildman–Crippen LogP) is 3.29. The molecule has 1 aliphatic carbocycles. The lowest BCUT2D eigenvalue weighted by molar-refractivity contribution is 0.0487. The Morgan fingerprint density at radius 2 is 1.76 bits per heavy atom. The van der Waals surface area contributed by atoms with E-state index in [1.165, 1.54) is 37.7 Å². The van der Waals surface area contributed by atoms with Crippen molar-refractivity contribution in [3.05, 3.63) is 29.8 Å². The largest absolute Gasteiger partial charge is 0.488 e. The van der Waals surface area contributed by atoms with E-state index in [0.29, 0.717) is 6.54 Å². The zero-order valence-corrected chi connectivity index (χ0v) is 10.7. The van der Waals surface area contributed by atoms with Crippen molar-refractivity contribution in [2.24, 2.45) is 5.73 Å². The molecule has 0 aromatic heterocycles. The van der Waals surface area contributed by atoms with Crippen molar-refractivity contribution in [1.29, 1.82) is 0 Å². The zero-order chi connectivity index (χ0) is 12.1. The molecule has 1 aromatic carbocycles. The summed E-state index contributed by atoms with van der Waals surface area (Å²) < 4.78 is 6.14. The summed E-state index contributed by atoms with van der Waals surface area (Å²) in [4.78, 5) is 0. The van der Waals surface area contributed by atoms with E-state index >= 15 is 0 Å². The molecule has 2 heteroatoms. The van der Waals surface area contributed by atoms with Crippen LogP contribution in [-0.2, 0) is 6.42 Å². The third-order valence-electron chi connectivity index (χ3n) is 3.63. The summed E-state index contributed by atoms with van der Waals surface area (Å²) in [5.74, 6) is 0.996. The van der Waals surface area contributed by atoms with Gasteiger partial charge in [0.2, 0.25) is 0 Å². The first-order chi connectivity index (χ1) is 8.22. The lowest BCUT2D eigenvalue weighted by Gasteiger charge is -2.34. The average Bonchev–Trinajstić information content (AvgIpc) is 2.33. The third kappa shape index (κ3) is 3.47. The smallest absolute Gasteiger partial charge is 0.120 e. The van der Waals surface area contributed by atoms with E-state index in [4.69, 9.17) is 10.5 Å². The molecule has 0 atom stereocenters. The highest BCUT2D eigenvalue weighted by atomic mass is 16.5. The minimum atomic E-state index is 0.0492. The zero-order valence-electron chi connectivity index (χ0n) is 10.7. The Labute approximate surface area is 104 Å². The summed E-state index contributed by atoms with van der Waals surface area (Å²) in [5.41, 5.74) is 6.87. The Morgan fingerprint density at radius 1 is 1.12 bits per heavy atom.